The fourth-order valence-electron chi connectivity index (χ4n) is 2.49. The highest BCUT2D eigenvalue weighted by Gasteiger charge is 2.35. The number of rotatable bonds is 2. The van der Waals surface area contributed by atoms with E-state index >= 15 is 0 Å². The molecule has 1 unspecified atom stereocenters. The number of carbonyl (C=O) groups excluding carboxylic acids is 2. The van der Waals surface area contributed by atoms with Crippen LogP contribution in [-0.4, -0.2) is 31.6 Å². The van der Waals surface area contributed by atoms with Crippen molar-refractivity contribution >= 4 is 17.6 Å². The minimum absolute atomic E-state index is 0.168. The minimum Gasteiger partial charge on any atom is -0.475 e. The maximum atomic E-state index is 13.9. The topological polar surface area (TPSA) is 55.8 Å². The van der Waals surface area contributed by atoms with E-state index in [0.717, 1.165) is 18.2 Å². The van der Waals surface area contributed by atoms with Gasteiger partial charge in [-0.2, -0.15) is 0 Å². The summed E-state index contributed by atoms with van der Waals surface area (Å²) in [5, 5.41) is 0. The molecule has 0 bridgehead atoms. The molecule has 0 fully saturated rings. The second kappa shape index (κ2) is 6.27. The van der Waals surface area contributed by atoms with Gasteiger partial charge in [-0.1, -0.05) is 12.1 Å². The van der Waals surface area contributed by atoms with E-state index in [1.54, 1.807) is 24.3 Å². The van der Waals surface area contributed by atoms with E-state index < -0.39 is 35.2 Å². The van der Waals surface area contributed by atoms with Gasteiger partial charge >= 0.3 is 5.97 Å². The Morgan fingerprint density at radius 1 is 1.21 bits per heavy atom. The van der Waals surface area contributed by atoms with Gasteiger partial charge in [0, 0.05) is 0 Å². The first kappa shape index (κ1) is 15.9. The second-order valence-corrected chi connectivity index (χ2v) is 5.14. The third-order valence-corrected chi connectivity index (χ3v) is 3.64. The summed E-state index contributed by atoms with van der Waals surface area (Å²) >= 11 is 0. The molecule has 1 aliphatic heterocycles. The molecule has 1 aliphatic rings. The molecule has 5 nitrogen and oxygen atoms in total. The zero-order valence-corrected chi connectivity index (χ0v) is 12.7. The number of hydrogen-bond donors (Lipinski definition) is 0. The maximum absolute atomic E-state index is 13.9. The molecule has 0 aromatic heterocycles. The fourth-order valence-corrected chi connectivity index (χ4v) is 2.49. The van der Waals surface area contributed by atoms with Gasteiger partial charge in [-0.25, -0.2) is 13.6 Å². The van der Waals surface area contributed by atoms with Crippen molar-refractivity contribution < 1.29 is 27.8 Å². The SMILES string of the molecule is COC(=O)C1CN(C(=O)c2cc(F)ccc2F)c2ccccc2O1. The van der Waals surface area contributed by atoms with Crippen LogP contribution in [0.1, 0.15) is 10.4 Å². The molecule has 1 amide bonds. The van der Waals surface area contributed by atoms with E-state index in [4.69, 9.17) is 4.74 Å². The van der Waals surface area contributed by atoms with Gasteiger partial charge in [0.15, 0.2) is 0 Å². The number of ether oxygens (including phenoxy) is 2. The monoisotopic (exact) mass is 333 g/mol. The Bertz CT molecular complexity index is 809. The molecular formula is C17H13F2NO4. The van der Waals surface area contributed by atoms with Gasteiger partial charge in [-0.15, -0.1) is 0 Å². The maximum Gasteiger partial charge on any atom is 0.348 e. The van der Waals surface area contributed by atoms with Crippen molar-refractivity contribution in [2.45, 2.75) is 6.10 Å². The molecule has 0 aliphatic carbocycles. The van der Waals surface area contributed by atoms with E-state index in [1.165, 1.54) is 12.0 Å². The summed E-state index contributed by atoms with van der Waals surface area (Å²) in [5.74, 6) is -2.73. The lowest BCUT2D eigenvalue weighted by atomic mass is 10.1. The normalized spacial score (nSPS) is 16.1. The number of esters is 1. The van der Waals surface area contributed by atoms with Crippen LogP contribution in [-0.2, 0) is 9.53 Å². The summed E-state index contributed by atoms with van der Waals surface area (Å²) in [4.78, 5) is 25.7. The first-order chi connectivity index (χ1) is 11.5. The van der Waals surface area contributed by atoms with Crippen LogP contribution in [0.3, 0.4) is 0 Å². The second-order valence-electron chi connectivity index (χ2n) is 5.14. The number of benzene rings is 2. The average Bonchev–Trinajstić information content (AvgIpc) is 2.61. The number of anilines is 1. The Kier molecular flexibility index (Phi) is 4.16. The molecule has 24 heavy (non-hydrogen) atoms. The van der Waals surface area contributed by atoms with Crippen LogP contribution in [0.5, 0.6) is 5.75 Å². The number of hydrogen-bond acceptors (Lipinski definition) is 4. The summed E-state index contributed by atoms with van der Waals surface area (Å²) in [5.41, 5.74) is -0.0540. The molecule has 0 saturated heterocycles. The molecule has 2 aromatic rings. The van der Waals surface area contributed by atoms with Crippen molar-refractivity contribution in [3.8, 4) is 5.75 Å². The van der Waals surface area contributed by atoms with Crippen molar-refractivity contribution in [1.82, 2.24) is 0 Å². The van der Waals surface area contributed by atoms with E-state index in [9.17, 15) is 18.4 Å². The molecule has 1 atom stereocenters. The lowest BCUT2D eigenvalue weighted by Crippen LogP contribution is -2.47. The Labute approximate surface area is 136 Å². The number of carbonyl (C=O) groups is 2. The Hall–Kier alpha value is -2.96. The van der Waals surface area contributed by atoms with E-state index in [0.29, 0.717) is 5.69 Å². The van der Waals surface area contributed by atoms with Crippen LogP contribution in [0.4, 0.5) is 14.5 Å². The number of nitrogens with zero attached hydrogens (tertiary/aromatic N) is 1. The van der Waals surface area contributed by atoms with Crippen LogP contribution in [0.25, 0.3) is 0 Å². The first-order valence-electron chi connectivity index (χ1n) is 7.11. The number of methoxy groups -OCH3 is 1. The fraction of sp³-hybridized carbons (Fsp3) is 0.176. The smallest absolute Gasteiger partial charge is 0.348 e. The standard InChI is InChI=1S/C17H13F2NO4/c1-23-17(22)15-9-20(13-4-2-3-5-14(13)24-15)16(21)11-8-10(18)6-7-12(11)19/h2-8,15H,9H2,1H3. The van der Waals surface area contributed by atoms with Gasteiger partial charge < -0.3 is 14.4 Å². The van der Waals surface area contributed by atoms with Crippen molar-refractivity contribution in [3.63, 3.8) is 0 Å². The highest BCUT2D eigenvalue weighted by atomic mass is 19.1. The van der Waals surface area contributed by atoms with Crippen LogP contribution in [0.15, 0.2) is 42.5 Å². The third-order valence-electron chi connectivity index (χ3n) is 3.64. The summed E-state index contributed by atoms with van der Waals surface area (Å²) in [7, 11) is 1.20. The Balaban J connectivity index is 2.03. The van der Waals surface area contributed by atoms with E-state index in [2.05, 4.69) is 4.74 Å². The molecular weight excluding hydrogens is 320 g/mol. The largest absolute Gasteiger partial charge is 0.475 e. The van der Waals surface area contributed by atoms with Crippen LogP contribution in [0, 0.1) is 11.6 Å². The molecule has 0 N–H and O–H groups in total. The van der Waals surface area contributed by atoms with Crippen LogP contribution < -0.4 is 9.64 Å². The van der Waals surface area contributed by atoms with Gasteiger partial charge in [0.25, 0.3) is 5.91 Å². The number of fused-ring (bicyclic) bond motifs is 1. The number of halogens is 2. The predicted molar refractivity (Wildman–Crippen MR) is 80.9 cm³/mol. The zero-order valence-electron chi connectivity index (χ0n) is 12.7. The van der Waals surface area contributed by atoms with Gasteiger partial charge in [0.05, 0.1) is 24.9 Å². The summed E-state index contributed by atoms with van der Waals surface area (Å²) < 4.78 is 37.5. The van der Waals surface area contributed by atoms with Gasteiger partial charge in [-0.05, 0) is 30.3 Å². The third kappa shape index (κ3) is 2.80. The predicted octanol–water partition coefficient (Wildman–Crippen LogP) is 2.55. The van der Waals surface area contributed by atoms with E-state index in [-0.39, 0.29) is 12.3 Å². The lowest BCUT2D eigenvalue weighted by molar-refractivity contribution is -0.148. The van der Waals surface area contributed by atoms with Gasteiger partial charge in [0.2, 0.25) is 6.10 Å². The van der Waals surface area contributed by atoms with Crippen molar-refractivity contribution in [2.24, 2.45) is 0 Å². The van der Waals surface area contributed by atoms with Crippen LogP contribution in [0.2, 0.25) is 0 Å². The molecule has 124 valence electrons. The van der Waals surface area contributed by atoms with Crippen LogP contribution >= 0.6 is 0 Å². The molecule has 7 heteroatoms. The minimum atomic E-state index is -1.05. The lowest BCUT2D eigenvalue weighted by Gasteiger charge is -2.33. The molecule has 2 aromatic carbocycles. The summed E-state index contributed by atoms with van der Waals surface area (Å²) in [6.07, 6.45) is -1.05. The summed E-state index contributed by atoms with van der Waals surface area (Å²) in [6, 6.07) is 9.14. The first-order valence-corrected chi connectivity index (χ1v) is 7.11. The quantitative estimate of drug-likeness (QED) is 0.793. The van der Waals surface area contributed by atoms with E-state index in [1.807, 2.05) is 0 Å². The highest BCUT2D eigenvalue weighted by molar-refractivity contribution is 6.07. The molecule has 1 heterocycles. The molecule has 0 spiro atoms. The molecule has 0 saturated carbocycles. The van der Waals surface area contributed by atoms with Gasteiger partial charge in [0.1, 0.15) is 17.4 Å². The number of amides is 1. The Morgan fingerprint density at radius 3 is 2.71 bits per heavy atom. The molecule has 0 radical (unpaired) electrons. The number of para-hydroxylation sites is 2. The van der Waals surface area contributed by atoms with Crippen molar-refractivity contribution in [2.75, 3.05) is 18.6 Å². The zero-order chi connectivity index (χ0) is 17.3. The summed E-state index contributed by atoms with van der Waals surface area (Å²) in [6.45, 7) is -0.168. The molecule has 3 rings (SSSR count). The van der Waals surface area contributed by atoms with Crippen molar-refractivity contribution in [1.29, 1.82) is 0 Å². The highest BCUT2D eigenvalue weighted by Crippen LogP contribution is 2.34. The van der Waals surface area contributed by atoms with Gasteiger partial charge in [-0.3, -0.25) is 4.79 Å². The van der Waals surface area contributed by atoms with Crippen molar-refractivity contribution in [3.05, 3.63) is 59.7 Å². The average molecular weight is 333 g/mol. The Morgan fingerprint density at radius 2 is 1.96 bits per heavy atom.